The van der Waals surface area contributed by atoms with Crippen LogP contribution in [-0.4, -0.2) is 0 Å². The Morgan fingerprint density at radius 1 is 0.818 bits per heavy atom. The van der Waals surface area contributed by atoms with Crippen molar-refractivity contribution in [2.45, 2.75) is 79.6 Å². The number of allylic oxidation sites excluding steroid dienone is 2. The predicted molar refractivity (Wildman–Crippen MR) is 100 cm³/mol. The Morgan fingerprint density at radius 3 is 1.91 bits per heavy atom. The summed E-state index contributed by atoms with van der Waals surface area (Å²) < 4.78 is 0. The van der Waals surface area contributed by atoms with Gasteiger partial charge in [-0.3, -0.25) is 0 Å². The maximum absolute atomic E-state index is 2.41. The van der Waals surface area contributed by atoms with Crippen LogP contribution in [0.5, 0.6) is 0 Å². The summed E-state index contributed by atoms with van der Waals surface area (Å²) in [6.45, 7) is 14.1. The van der Waals surface area contributed by atoms with Crippen molar-refractivity contribution in [2.24, 2.45) is 11.8 Å². The fourth-order valence-corrected chi connectivity index (χ4v) is 2.94. The zero-order valence-corrected chi connectivity index (χ0v) is 15.7. The minimum absolute atomic E-state index is 0.656. The summed E-state index contributed by atoms with van der Waals surface area (Å²) >= 11 is 0. The number of hydrogen-bond donors (Lipinski definition) is 0. The molecule has 0 saturated carbocycles. The number of rotatable bonds is 9. The molecule has 3 atom stereocenters. The molecule has 0 bridgehead atoms. The van der Waals surface area contributed by atoms with Crippen LogP contribution in [0.25, 0.3) is 0 Å². The molecule has 0 spiro atoms. The Hall–Kier alpha value is -1.04. The Kier molecular flexibility index (Phi) is 8.53. The van der Waals surface area contributed by atoms with Gasteiger partial charge in [0.15, 0.2) is 0 Å². The fraction of sp³-hybridized carbons (Fsp3) is 0.636. The SMILES string of the molecule is CCC(C)C(C)CCC(C)=C(C)CCC(C)c1ccccc1. The van der Waals surface area contributed by atoms with Crippen LogP contribution in [0.3, 0.4) is 0 Å². The third-order valence-electron chi connectivity index (χ3n) is 5.64. The van der Waals surface area contributed by atoms with Crippen molar-refractivity contribution in [1.29, 1.82) is 0 Å². The second-order valence-corrected chi connectivity index (χ2v) is 7.31. The van der Waals surface area contributed by atoms with Gasteiger partial charge in [0.05, 0.1) is 0 Å². The molecular formula is C22H36. The van der Waals surface area contributed by atoms with Crippen LogP contribution in [0.1, 0.15) is 85.1 Å². The van der Waals surface area contributed by atoms with Gasteiger partial charge in [0.2, 0.25) is 0 Å². The van der Waals surface area contributed by atoms with E-state index in [1.807, 2.05) is 0 Å². The summed E-state index contributed by atoms with van der Waals surface area (Å²) in [5, 5.41) is 0. The Morgan fingerprint density at radius 2 is 1.36 bits per heavy atom. The topological polar surface area (TPSA) is 0 Å². The van der Waals surface area contributed by atoms with Gasteiger partial charge < -0.3 is 0 Å². The number of benzene rings is 1. The second kappa shape index (κ2) is 9.87. The molecule has 3 unspecified atom stereocenters. The van der Waals surface area contributed by atoms with Gasteiger partial charge in [-0.15, -0.1) is 0 Å². The summed E-state index contributed by atoms with van der Waals surface area (Å²) in [7, 11) is 0. The normalized spacial score (nSPS) is 16.8. The lowest BCUT2D eigenvalue weighted by Crippen LogP contribution is -2.07. The van der Waals surface area contributed by atoms with Crippen LogP contribution in [0.15, 0.2) is 41.5 Å². The summed E-state index contributed by atoms with van der Waals surface area (Å²) in [5.41, 5.74) is 4.70. The van der Waals surface area contributed by atoms with E-state index in [4.69, 9.17) is 0 Å². The van der Waals surface area contributed by atoms with Crippen molar-refractivity contribution in [3.63, 3.8) is 0 Å². The molecule has 0 heterocycles. The number of hydrogen-bond acceptors (Lipinski definition) is 0. The van der Waals surface area contributed by atoms with Gasteiger partial charge in [-0.05, 0) is 62.8 Å². The van der Waals surface area contributed by atoms with E-state index in [0.717, 1.165) is 11.8 Å². The molecule has 1 aromatic rings. The molecule has 0 saturated heterocycles. The van der Waals surface area contributed by atoms with Crippen LogP contribution in [0.2, 0.25) is 0 Å². The van der Waals surface area contributed by atoms with E-state index in [-0.39, 0.29) is 0 Å². The molecule has 1 rings (SSSR count). The second-order valence-electron chi connectivity index (χ2n) is 7.31. The summed E-state index contributed by atoms with van der Waals surface area (Å²) in [6.07, 6.45) is 6.41. The van der Waals surface area contributed by atoms with Gasteiger partial charge >= 0.3 is 0 Å². The first-order chi connectivity index (χ1) is 10.5. The van der Waals surface area contributed by atoms with Crippen molar-refractivity contribution < 1.29 is 0 Å². The molecule has 0 radical (unpaired) electrons. The molecule has 0 nitrogen and oxygen atoms in total. The molecule has 0 heteroatoms. The van der Waals surface area contributed by atoms with Crippen molar-refractivity contribution in [2.75, 3.05) is 0 Å². The first kappa shape index (κ1) is 19.0. The third kappa shape index (κ3) is 6.38. The highest BCUT2D eigenvalue weighted by atomic mass is 14.2. The highest BCUT2D eigenvalue weighted by Gasteiger charge is 2.11. The lowest BCUT2D eigenvalue weighted by atomic mass is 9.87. The zero-order valence-electron chi connectivity index (χ0n) is 15.7. The smallest absolute Gasteiger partial charge is 0.0187 e. The lowest BCUT2D eigenvalue weighted by Gasteiger charge is -2.19. The van der Waals surface area contributed by atoms with E-state index < -0.39 is 0 Å². The molecule has 0 N–H and O–H groups in total. The van der Waals surface area contributed by atoms with Crippen molar-refractivity contribution in [3.05, 3.63) is 47.0 Å². The molecule has 0 aliphatic heterocycles. The van der Waals surface area contributed by atoms with Gasteiger partial charge in [0, 0.05) is 0 Å². The van der Waals surface area contributed by atoms with Gasteiger partial charge in [-0.1, -0.05) is 75.6 Å². The fourth-order valence-electron chi connectivity index (χ4n) is 2.94. The third-order valence-corrected chi connectivity index (χ3v) is 5.64. The Balaban J connectivity index is 2.43. The molecule has 22 heavy (non-hydrogen) atoms. The molecule has 0 aliphatic rings. The van der Waals surface area contributed by atoms with Crippen LogP contribution in [0.4, 0.5) is 0 Å². The van der Waals surface area contributed by atoms with Crippen LogP contribution in [0, 0.1) is 11.8 Å². The largest absolute Gasteiger partial charge is 0.0744 e. The van der Waals surface area contributed by atoms with Gasteiger partial charge in [0.1, 0.15) is 0 Å². The van der Waals surface area contributed by atoms with Crippen LogP contribution < -0.4 is 0 Å². The maximum Gasteiger partial charge on any atom is -0.0187 e. The highest BCUT2D eigenvalue weighted by Crippen LogP contribution is 2.26. The van der Waals surface area contributed by atoms with Gasteiger partial charge in [0.25, 0.3) is 0 Å². The van der Waals surface area contributed by atoms with Crippen molar-refractivity contribution in [1.82, 2.24) is 0 Å². The van der Waals surface area contributed by atoms with E-state index in [0.29, 0.717) is 5.92 Å². The average molecular weight is 301 g/mol. The molecule has 1 aromatic carbocycles. The minimum atomic E-state index is 0.656. The highest BCUT2D eigenvalue weighted by molar-refractivity contribution is 5.19. The lowest BCUT2D eigenvalue weighted by molar-refractivity contribution is 0.354. The molecule has 0 fully saturated rings. The molecule has 124 valence electrons. The quantitative estimate of drug-likeness (QED) is 0.418. The minimum Gasteiger partial charge on any atom is -0.0744 e. The molecule has 0 aliphatic carbocycles. The summed E-state index contributed by atoms with van der Waals surface area (Å²) in [6, 6.07) is 10.9. The van der Waals surface area contributed by atoms with E-state index in [9.17, 15) is 0 Å². The zero-order chi connectivity index (χ0) is 16.5. The van der Waals surface area contributed by atoms with Crippen molar-refractivity contribution >= 4 is 0 Å². The first-order valence-electron chi connectivity index (χ1n) is 9.15. The molecular weight excluding hydrogens is 264 g/mol. The molecule has 0 amide bonds. The van der Waals surface area contributed by atoms with E-state index in [2.05, 4.69) is 71.9 Å². The Labute approximate surface area is 139 Å². The predicted octanol–water partition coefficient (Wildman–Crippen LogP) is 7.37. The van der Waals surface area contributed by atoms with E-state index >= 15 is 0 Å². The van der Waals surface area contributed by atoms with Gasteiger partial charge in [-0.25, -0.2) is 0 Å². The van der Waals surface area contributed by atoms with Crippen LogP contribution in [-0.2, 0) is 0 Å². The van der Waals surface area contributed by atoms with E-state index in [1.54, 1.807) is 11.1 Å². The van der Waals surface area contributed by atoms with Gasteiger partial charge in [-0.2, -0.15) is 0 Å². The Bertz CT molecular complexity index is 440. The summed E-state index contributed by atoms with van der Waals surface area (Å²) in [4.78, 5) is 0. The summed E-state index contributed by atoms with van der Waals surface area (Å²) in [5.74, 6) is 2.35. The average Bonchev–Trinajstić information content (AvgIpc) is 2.56. The van der Waals surface area contributed by atoms with Crippen LogP contribution >= 0.6 is 0 Å². The maximum atomic E-state index is 2.41. The monoisotopic (exact) mass is 300 g/mol. The van der Waals surface area contributed by atoms with E-state index in [1.165, 1.54) is 37.7 Å². The molecule has 0 aromatic heterocycles. The van der Waals surface area contributed by atoms with Crippen molar-refractivity contribution in [3.8, 4) is 0 Å². The first-order valence-corrected chi connectivity index (χ1v) is 9.15. The standard InChI is InChI=1S/C22H36/c1-7-17(2)18(3)13-14-19(4)20(5)15-16-21(6)22-11-9-8-10-12-22/h8-12,17-18,21H,7,13-16H2,1-6H3.